The maximum atomic E-state index is 13.8. The van der Waals surface area contributed by atoms with Crippen molar-refractivity contribution < 1.29 is 18.7 Å². The standard InChI is InChI=1S/C25H31FN2O3/c1-27-11-13-28(14-12-27)24(29)25(9-15-31-16-10-25)18-19-3-5-20(6-4-19)22-17-21(26)7-8-23(22)30-2/h3-8,17H,9-16,18H2,1-2H3. The van der Waals surface area contributed by atoms with Crippen molar-refractivity contribution in [1.82, 2.24) is 9.80 Å². The summed E-state index contributed by atoms with van der Waals surface area (Å²) in [5.41, 5.74) is 2.32. The number of methoxy groups -OCH3 is 1. The number of rotatable bonds is 5. The van der Waals surface area contributed by atoms with E-state index in [2.05, 4.69) is 11.9 Å². The van der Waals surface area contributed by atoms with Crippen molar-refractivity contribution in [1.29, 1.82) is 0 Å². The van der Waals surface area contributed by atoms with Crippen LogP contribution in [0.4, 0.5) is 4.39 Å². The van der Waals surface area contributed by atoms with Gasteiger partial charge in [-0.1, -0.05) is 24.3 Å². The van der Waals surface area contributed by atoms with E-state index >= 15 is 0 Å². The molecule has 0 spiro atoms. The van der Waals surface area contributed by atoms with Crippen molar-refractivity contribution in [3.8, 4) is 16.9 Å². The third-order valence-corrected chi connectivity index (χ3v) is 6.66. The molecule has 0 N–H and O–H groups in total. The van der Waals surface area contributed by atoms with Gasteiger partial charge in [-0.3, -0.25) is 4.79 Å². The van der Waals surface area contributed by atoms with E-state index in [-0.39, 0.29) is 11.7 Å². The van der Waals surface area contributed by atoms with E-state index in [4.69, 9.17) is 9.47 Å². The van der Waals surface area contributed by atoms with E-state index in [9.17, 15) is 9.18 Å². The molecule has 2 saturated heterocycles. The van der Waals surface area contributed by atoms with Crippen LogP contribution in [0.1, 0.15) is 18.4 Å². The van der Waals surface area contributed by atoms with Crippen LogP contribution in [0, 0.1) is 11.2 Å². The van der Waals surface area contributed by atoms with Crippen molar-refractivity contribution in [3.63, 3.8) is 0 Å². The van der Waals surface area contributed by atoms with E-state index in [1.807, 2.05) is 29.2 Å². The lowest BCUT2D eigenvalue weighted by Gasteiger charge is -2.42. The Balaban J connectivity index is 1.55. The fourth-order valence-corrected chi connectivity index (χ4v) is 4.67. The number of benzene rings is 2. The van der Waals surface area contributed by atoms with Crippen molar-refractivity contribution in [2.45, 2.75) is 19.3 Å². The largest absolute Gasteiger partial charge is 0.496 e. The Morgan fingerprint density at radius 2 is 1.74 bits per heavy atom. The lowest BCUT2D eigenvalue weighted by atomic mass is 9.73. The number of hydrogen-bond donors (Lipinski definition) is 0. The molecule has 2 aliphatic heterocycles. The Morgan fingerprint density at radius 3 is 2.39 bits per heavy atom. The second-order valence-corrected chi connectivity index (χ2v) is 8.71. The van der Waals surface area contributed by atoms with Gasteiger partial charge in [0, 0.05) is 45.0 Å². The molecule has 5 nitrogen and oxygen atoms in total. The van der Waals surface area contributed by atoms with Crippen LogP contribution >= 0.6 is 0 Å². The van der Waals surface area contributed by atoms with Crippen molar-refractivity contribution >= 4 is 5.91 Å². The summed E-state index contributed by atoms with van der Waals surface area (Å²) in [6.45, 7) is 4.66. The van der Waals surface area contributed by atoms with Gasteiger partial charge in [-0.05, 0) is 55.6 Å². The molecule has 2 heterocycles. The van der Waals surface area contributed by atoms with Crippen LogP contribution in [-0.2, 0) is 16.0 Å². The highest BCUT2D eigenvalue weighted by atomic mass is 19.1. The van der Waals surface area contributed by atoms with Crippen LogP contribution < -0.4 is 4.74 Å². The Labute approximate surface area is 183 Å². The third kappa shape index (κ3) is 4.75. The first-order chi connectivity index (χ1) is 15.0. The predicted octanol–water partition coefficient (Wildman–Crippen LogP) is 3.61. The number of carbonyl (C=O) groups is 1. The Bertz CT molecular complexity index is 901. The number of halogens is 1. The summed E-state index contributed by atoms with van der Waals surface area (Å²) in [5.74, 6) is 0.610. The Morgan fingerprint density at radius 1 is 1.06 bits per heavy atom. The van der Waals surface area contributed by atoms with Gasteiger partial charge in [0.05, 0.1) is 12.5 Å². The first kappa shape index (κ1) is 21.8. The molecule has 0 radical (unpaired) electrons. The molecule has 166 valence electrons. The van der Waals surface area contributed by atoms with E-state index in [1.54, 1.807) is 13.2 Å². The number of amides is 1. The Kier molecular flexibility index (Phi) is 6.58. The van der Waals surface area contributed by atoms with E-state index in [0.717, 1.165) is 55.7 Å². The average Bonchev–Trinajstić information content (AvgIpc) is 2.80. The van der Waals surface area contributed by atoms with Gasteiger partial charge in [0.2, 0.25) is 5.91 Å². The van der Waals surface area contributed by atoms with Crippen LogP contribution in [0.15, 0.2) is 42.5 Å². The molecule has 2 aliphatic rings. The molecule has 2 aromatic carbocycles. The molecule has 31 heavy (non-hydrogen) atoms. The minimum Gasteiger partial charge on any atom is -0.496 e. The van der Waals surface area contributed by atoms with Gasteiger partial charge in [0.15, 0.2) is 0 Å². The lowest BCUT2D eigenvalue weighted by molar-refractivity contribution is -0.149. The second-order valence-electron chi connectivity index (χ2n) is 8.71. The maximum Gasteiger partial charge on any atom is 0.229 e. The van der Waals surface area contributed by atoms with Gasteiger partial charge < -0.3 is 19.3 Å². The summed E-state index contributed by atoms with van der Waals surface area (Å²) in [5, 5.41) is 0. The minimum absolute atomic E-state index is 0.264. The van der Waals surface area contributed by atoms with Gasteiger partial charge in [-0.15, -0.1) is 0 Å². The highest BCUT2D eigenvalue weighted by molar-refractivity contribution is 5.83. The van der Waals surface area contributed by atoms with Crippen LogP contribution in [-0.4, -0.2) is 69.3 Å². The molecule has 0 unspecified atom stereocenters. The van der Waals surface area contributed by atoms with E-state index < -0.39 is 5.41 Å². The molecule has 0 bridgehead atoms. The summed E-state index contributed by atoms with van der Waals surface area (Å²) in [6.07, 6.45) is 2.19. The van der Waals surface area contributed by atoms with Crippen molar-refractivity contribution in [3.05, 3.63) is 53.8 Å². The second kappa shape index (κ2) is 9.37. The summed E-state index contributed by atoms with van der Waals surface area (Å²) >= 11 is 0. The van der Waals surface area contributed by atoms with Crippen LogP contribution in [0.2, 0.25) is 0 Å². The maximum absolute atomic E-state index is 13.8. The number of carbonyl (C=O) groups excluding carboxylic acids is 1. The molecule has 2 aromatic rings. The molecule has 0 saturated carbocycles. The molecule has 0 aliphatic carbocycles. The molecule has 6 heteroatoms. The summed E-state index contributed by atoms with van der Waals surface area (Å²) in [6, 6.07) is 12.6. The van der Waals surface area contributed by atoms with Gasteiger partial charge in [-0.2, -0.15) is 0 Å². The number of piperazine rings is 1. The minimum atomic E-state index is -0.410. The fraction of sp³-hybridized carbons (Fsp3) is 0.480. The monoisotopic (exact) mass is 426 g/mol. The average molecular weight is 427 g/mol. The summed E-state index contributed by atoms with van der Waals surface area (Å²) in [7, 11) is 3.69. The fourth-order valence-electron chi connectivity index (χ4n) is 4.67. The number of likely N-dealkylation sites (N-methyl/N-ethyl adjacent to an activating group) is 1. The Hall–Kier alpha value is -2.44. The number of nitrogens with zero attached hydrogens (tertiary/aromatic N) is 2. The molecule has 0 atom stereocenters. The van der Waals surface area contributed by atoms with Gasteiger partial charge >= 0.3 is 0 Å². The molecule has 1 amide bonds. The normalized spacial score (nSPS) is 19.3. The van der Waals surface area contributed by atoms with Crippen LogP contribution in [0.5, 0.6) is 5.75 Å². The molecule has 2 fully saturated rings. The summed E-state index contributed by atoms with van der Waals surface area (Å²) < 4.78 is 24.8. The quantitative estimate of drug-likeness (QED) is 0.733. The molecular formula is C25H31FN2O3. The third-order valence-electron chi connectivity index (χ3n) is 6.66. The van der Waals surface area contributed by atoms with Gasteiger partial charge in [-0.25, -0.2) is 4.39 Å². The first-order valence-electron chi connectivity index (χ1n) is 11.0. The molecule has 0 aromatic heterocycles. The zero-order valence-corrected chi connectivity index (χ0v) is 18.4. The summed E-state index contributed by atoms with van der Waals surface area (Å²) in [4.78, 5) is 17.9. The molecular weight excluding hydrogens is 395 g/mol. The van der Waals surface area contributed by atoms with Gasteiger partial charge in [0.1, 0.15) is 11.6 Å². The highest BCUT2D eigenvalue weighted by Gasteiger charge is 2.43. The van der Waals surface area contributed by atoms with Crippen molar-refractivity contribution in [2.24, 2.45) is 5.41 Å². The zero-order valence-electron chi connectivity index (χ0n) is 18.4. The SMILES string of the molecule is COc1ccc(F)cc1-c1ccc(CC2(C(=O)N3CCN(C)CC3)CCOCC2)cc1. The topological polar surface area (TPSA) is 42.0 Å². The molecule has 4 rings (SSSR count). The van der Waals surface area contributed by atoms with Crippen molar-refractivity contribution in [2.75, 3.05) is 53.6 Å². The number of ether oxygens (including phenoxy) is 2. The van der Waals surface area contributed by atoms with Crippen LogP contribution in [0.25, 0.3) is 11.1 Å². The smallest absolute Gasteiger partial charge is 0.229 e. The van der Waals surface area contributed by atoms with Gasteiger partial charge in [0.25, 0.3) is 0 Å². The van der Waals surface area contributed by atoms with Crippen LogP contribution in [0.3, 0.4) is 0 Å². The first-order valence-corrected chi connectivity index (χ1v) is 11.0. The lowest BCUT2D eigenvalue weighted by Crippen LogP contribution is -2.54. The van der Waals surface area contributed by atoms with E-state index in [1.165, 1.54) is 12.1 Å². The zero-order chi connectivity index (χ0) is 21.8. The predicted molar refractivity (Wildman–Crippen MR) is 119 cm³/mol. The number of hydrogen-bond acceptors (Lipinski definition) is 4. The van der Waals surface area contributed by atoms with E-state index in [0.29, 0.717) is 25.4 Å². The highest BCUT2D eigenvalue weighted by Crippen LogP contribution is 2.38.